The number of ketones is 1. The van der Waals surface area contributed by atoms with E-state index < -0.39 is 0 Å². The van der Waals surface area contributed by atoms with E-state index in [0.717, 1.165) is 19.4 Å². The minimum absolute atomic E-state index is 0.205. The molecule has 0 spiro atoms. The number of hydrogen-bond donors (Lipinski definition) is 1. The maximum Gasteiger partial charge on any atom is 0.135 e. The predicted octanol–water partition coefficient (Wildman–Crippen LogP) is 1.21. The van der Waals surface area contributed by atoms with Crippen LogP contribution in [0.2, 0.25) is 0 Å². The van der Waals surface area contributed by atoms with Gasteiger partial charge in [0.2, 0.25) is 0 Å². The molecule has 0 rings (SSSR count). The molecule has 1 N–H and O–H groups in total. The first kappa shape index (κ1) is 9.63. The van der Waals surface area contributed by atoms with E-state index in [4.69, 9.17) is 0 Å². The van der Waals surface area contributed by atoms with Gasteiger partial charge in [0.15, 0.2) is 0 Å². The van der Waals surface area contributed by atoms with Gasteiger partial charge in [-0.2, -0.15) is 0 Å². The summed E-state index contributed by atoms with van der Waals surface area (Å²) in [5, 5.41) is 3.01. The van der Waals surface area contributed by atoms with Gasteiger partial charge in [0.05, 0.1) is 0 Å². The molecule has 0 radical (unpaired) electrons. The monoisotopic (exact) mass is 143 g/mol. The third-order valence-corrected chi connectivity index (χ3v) is 1.49. The average molecular weight is 143 g/mol. The zero-order chi connectivity index (χ0) is 7.98. The van der Waals surface area contributed by atoms with E-state index in [1.807, 2.05) is 20.9 Å². The molecule has 60 valence electrons. The lowest BCUT2D eigenvalue weighted by Crippen LogP contribution is -2.12. The van der Waals surface area contributed by atoms with E-state index in [0.29, 0.717) is 5.78 Å². The first-order valence-corrected chi connectivity index (χ1v) is 3.85. The first-order valence-electron chi connectivity index (χ1n) is 3.85. The predicted molar refractivity (Wildman–Crippen MR) is 43.0 cm³/mol. The van der Waals surface area contributed by atoms with E-state index >= 15 is 0 Å². The quantitative estimate of drug-likeness (QED) is 0.586. The smallest absolute Gasteiger partial charge is 0.135 e. The summed E-state index contributed by atoms with van der Waals surface area (Å²) in [4.78, 5) is 11.0. The molecule has 2 heteroatoms. The molecule has 0 aromatic carbocycles. The summed E-state index contributed by atoms with van der Waals surface area (Å²) < 4.78 is 0. The maximum absolute atomic E-state index is 11.0. The molecule has 0 saturated heterocycles. The summed E-state index contributed by atoms with van der Waals surface area (Å²) in [6.45, 7) is 4.84. The molecule has 0 aliphatic heterocycles. The van der Waals surface area contributed by atoms with E-state index in [-0.39, 0.29) is 5.92 Å². The van der Waals surface area contributed by atoms with E-state index in [9.17, 15) is 4.79 Å². The van der Waals surface area contributed by atoms with Crippen molar-refractivity contribution in [2.24, 2.45) is 5.92 Å². The normalized spacial score (nSPS) is 10.4. The lowest BCUT2D eigenvalue weighted by Gasteiger charge is -2.02. The third kappa shape index (κ3) is 4.50. The summed E-state index contributed by atoms with van der Waals surface area (Å²) in [6, 6.07) is 0. The minimum atomic E-state index is 0.205. The summed E-state index contributed by atoms with van der Waals surface area (Å²) >= 11 is 0. The highest BCUT2D eigenvalue weighted by Gasteiger charge is 2.04. The fourth-order valence-electron chi connectivity index (χ4n) is 0.728. The van der Waals surface area contributed by atoms with Crippen molar-refractivity contribution < 1.29 is 4.79 Å². The zero-order valence-corrected chi connectivity index (χ0v) is 7.11. The molecule has 0 aliphatic rings. The van der Waals surface area contributed by atoms with Crippen LogP contribution >= 0.6 is 0 Å². The van der Waals surface area contributed by atoms with Crippen LogP contribution in [0.4, 0.5) is 0 Å². The van der Waals surface area contributed by atoms with Gasteiger partial charge in [-0.3, -0.25) is 4.79 Å². The first-order chi connectivity index (χ1) is 4.68. The van der Waals surface area contributed by atoms with Crippen LogP contribution in [0.15, 0.2) is 0 Å². The van der Waals surface area contributed by atoms with Crippen molar-refractivity contribution in [1.29, 1.82) is 0 Å². The van der Waals surface area contributed by atoms with Crippen molar-refractivity contribution in [1.82, 2.24) is 5.32 Å². The SMILES string of the molecule is CNCCCC(=O)C(C)C. The van der Waals surface area contributed by atoms with E-state index in [1.54, 1.807) is 0 Å². The molecule has 0 fully saturated rings. The second kappa shape index (κ2) is 5.42. The highest BCUT2D eigenvalue weighted by atomic mass is 16.1. The van der Waals surface area contributed by atoms with Crippen LogP contribution in [0.25, 0.3) is 0 Å². The molecule has 0 bridgehead atoms. The number of nitrogens with one attached hydrogen (secondary N) is 1. The van der Waals surface area contributed by atoms with Crippen LogP contribution in [0.3, 0.4) is 0 Å². The van der Waals surface area contributed by atoms with Crippen molar-refractivity contribution in [3.63, 3.8) is 0 Å². The minimum Gasteiger partial charge on any atom is -0.320 e. The topological polar surface area (TPSA) is 29.1 Å². The Hall–Kier alpha value is -0.370. The second-order valence-electron chi connectivity index (χ2n) is 2.83. The molecule has 0 atom stereocenters. The number of rotatable bonds is 5. The van der Waals surface area contributed by atoms with E-state index in [2.05, 4.69) is 5.32 Å². The van der Waals surface area contributed by atoms with Gasteiger partial charge >= 0.3 is 0 Å². The van der Waals surface area contributed by atoms with Gasteiger partial charge in [-0.05, 0) is 20.0 Å². The number of carbonyl (C=O) groups excluding carboxylic acids is 1. The Morgan fingerprint density at radius 1 is 1.50 bits per heavy atom. The van der Waals surface area contributed by atoms with Gasteiger partial charge in [-0.25, -0.2) is 0 Å². The van der Waals surface area contributed by atoms with Gasteiger partial charge in [0, 0.05) is 12.3 Å². The number of hydrogen-bond acceptors (Lipinski definition) is 2. The molecule has 0 aromatic rings. The Labute approximate surface area is 63.0 Å². The van der Waals surface area contributed by atoms with Gasteiger partial charge < -0.3 is 5.32 Å². The number of Topliss-reactive ketones (excluding diaryl/α,β-unsaturated/α-hetero) is 1. The molecule has 0 aliphatic carbocycles. The molecule has 0 amide bonds. The molecule has 10 heavy (non-hydrogen) atoms. The Bertz CT molecular complexity index is 99.4. The third-order valence-electron chi connectivity index (χ3n) is 1.49. The highest BCUT2D eigenvalue weighted by Crippen LogP contribution is 2.00. The molecule has 2 nitrogen and oxygen atoms in total. The second-order valence-corrected chi connectivity index (χ2v) is 2.83. The van der Waals surface area contributed by atoms with Crippen molar-refractivity contribution >= 4 is 5.78 Å². The van der Waals surface area contributed by atoms with Crippen LogP contribution in [-0.4, -0.2) is 19.4 Å². The van der Waals surface area contributed by atoms with Crippen LogP contribution in [0, 0.1) is 5.92 Å². The van der Waals surface area contributed by atoms with Crippen molar-refractivity contribution in [3.8, 4) is 0 Å². The summed E-state index contributed by atoms with van der Waals surface area (Å²) in [6.07, 6.45) is 1.69. The lowest BCUT2D eigenvalue weighted by molar-refractivity contribution is -0.121. The Kier molecular flexibility index (Phi) is 5.22. The molecular weight excluding hydrogens is 126 g/mol. The van der Waals surface area contributed by atoms with E-state index in [1.165, 1.54) is 0 Å². The zero-order valence-electron chi connectivity index (χ0n) is 7.11. The Morgan fingerprint density at radius 2 is 2.10 bits per heavy atom. The molecule has 0 unspecified atom stereocenters. The molecular formula is C8H17NO. The van der Waals surface area contributed by atoms with Gasteiger partial charge in [0.25, 0.3) is 0 Å². The Morgan fingerprint density at radius 3 is 2.50 bits per heavy atom. The van der Waals surface area contributed by atoms with Gasteiger partial charge in [-0.1, -0.05) is 13.8 Å². The lowest BCUT2D eigenvalue weighted by atomic mass is 10.1. The summed E-state index contributed by atoms with van der Waals surface area (Å²) in [5.74, 6) is 0.576. The largest absolute Gasteiger partial charge is 0.320 e. The Balaban J connectivity index is 3.22. The number of carbonyl (C=O) groups is 1. The van der Waals surface area contributed by atoms with Crippen LogP contribution in [-0.2, 0) is 4.79 Å². The van der Waals surface area contributed by atoms with Crippen molar-refractivity contribution in [2.75, 3.05) is 13.6 Å². The van der Waals surface area contributed by atoms with Gasteiger partial charge in [-0.15, -0.1) is 0 Å². The molecule has 0 aromatic heterocycles. The van der Waals surface area contributed by atoms with Gasteiger partial charge in [0.1, 0.15) is 5.78 Å². The molecule has 0 saturated carbocycles. The molecule has 0 heterocycles. The van der Waals surface area contributed by atoms with Crippen molar-refractivity contribution in [3.05, 3.63) is 0 Å². The standard InChI is InChI=1S/C8H17NO/c1-7(2)8(10)5-4-6-9-3/h7,9H,4-6H2,1-3H3. The highest BCUT2D eigenvalue weighted by molar-refractivity contribution is 5.80. The summed E-state index contributed by atoms with van der Waals surface area (Å²) in [7, 11) is 1.90. The fourth-order valence-corrected chi connectivity index (χ4v) is 0.728. The maximum atomic E-state index is 11.0. The van der Waals surface area contributed by atoms with Crippen LogP contribution in [0.5, 0.6) is 0 Å². The average Bonchev–Trinajstić information content (AvgIpc) is 1.88. The van der Waals surface area contributed by atoms with Crippen LogP contribution < -0.4 is 5.32 Å². The van der Waals surface area contributed by atoms with Crippen LogP contribution in [0.1, 0.15) is 26.7 Å². The fraction of sp³-hybridized carbons (Fsp3) is 0.875. The summed E-state index contributed by atoms with van der Waals surface area (Å²) in [5.41, 5.74) is 0. The van der Waals surface area contributed by atoms with Crippen molar-refractivity contribution in [2.45, 2.75) is 26.7 Å².